The molecule has 2 aromatic heterocycles. The van der Waals surface area contributed by atoms with Gasteiger partial charge >= 0.3 is 0 Å². The molecular weight excluding hydrogens is 320 g/mol. The van der Waals surface area contributed by atoms with Gasteiger partial charge in [0.25, 0.3) is 0 Å². The molecule has 0 radical (unpaired) electrons. The molecule has 1 atom stereocenters. The number of amides is 1. The van der Waals surface area contributed by atoms with Crippen LogP contribution < -0.4 is 10.2 Å². The van der Waals surface area contributed by atoms with Crippen LogP contribution in [-0.4, -0.2) is 29.2 Å². The maximum Gasteiger partial charge on any atom is 0.225 e. The van der Waals surface area contributed by atoms with Crippen LogP contribution in [0.25, 0.3) is 0 Å². The molecule has 5 nitrogen and oxygen atoms in total. The zero-order valence-corrected chi connectivity index (χ0v) is 13.6. The molecule has 0 unspecified atom stereocenters. The first-order valence-electron chi connectivity index (χ1n) is 7.26. The molecule has 1 aliphatic rings. The molecule has 0 aliphatic carbocycles. The molecule has 1 N–H and O–H groups in total. The van der Waals surface area contributed by atoms with E-state index in [1.54, 1.807) is 17.4 Å². The Morgan fingerprint density at radius 3 is 3.05 bits per heavy atom. The first-order chi connectivity index (χ1) is 10.7. The lowest BCUT2D eigenvalue weighted by atomic mass is 9.97. The fourth-order valence-electron chi connectivity index (χ4n) is 2.61. The molecule has 7 heteroatoms. The van der Waals surface area contributed by atoms with Crippen LogP contribution in [0.3, 0.4) is 0 Å². The Bertz CT molecular complexity index is 617. The van der Waals surface area contributed by atoms with Crippen LogP contribution >= 0.6 is 22.9 Å². The van der Waals surface area contributed by atoms with E-state index in [9.17, 15) is 4.79 Å². The summed E-state index contributed by atoms with van der Waals surface area (Å²) in [7, 11) is 0. The van der Waals surface area contributed by atoms with Crippen molar-refractivity contribution >= 4 is 34.7 Å². The standard InChI is InChI=1S/C15H17ClN4OS/c16-13-5-6-14(19-18-13)20-7-1-3-11(10-20)15(21)17-9-12-4-2-8-22-12/h2,4-6,8,11H,1,3,7,9-10H2,(H,17,21)/t11-/m0/s1. The highest BCUT2D eigenvalue weighted by molar-refractivity contribution is 7.09. The highest BCUT2D eigenvalue weighted by Crippen LogP contribution is 2.22. The zero-order chi connectivity index (χ0) is 15.4. The van der Waals surface area contributed by atoms with Crippen LogP contribution in [0.4, 0.5) is 5.82 Å². The van der Waals surface area contributed by atoms with E-state index in [0.717, 1.165) is 25.2 Å². The predicted molar refractivity (Wildman–Crippen MR) is 88.1 cm³/mol. The monoisotopic (exact) mass is 336 g/mol. The summed E-state index contributed by atoms with van der Waals surface area (Å²) >= 11 is 7.42. The molecule has 22 heavy (non-hydrogen) atoms. The van der Waals surface area contributed by atoms with Crippen LogP contribution in [0, 0.1) is 5.92 Å². The van der Waals surface area contributed by atoms with Crippen molar-refractivity contribution in [3.8, 4) is 0 Å². The van der Waals surface area contributed by atoms with Gasteiger partial charge in [-0.05, 0) is 36.4 Å². The number of carbonyl (C=O) groups excluding carboxylic acids is 1. The topological polar surface area (TPSA) is 58.1 Å². The fourth-order valence-corrected chi connectivity index (χ4v) is 3.35. The molecule has 0 bridgehead atoms. The van der Waals surface area contributed by atoms with Gasteiger partial charge in [0.15, 0.2) is 11.0 Å². The van der Waals surface area contributed by atoms with Crippen LogP contribution in [0.15, 0.2) is 29.6 Å². The Balaban J connectivity index is 1.57. The van der Waals surface area contributed by atoms with Gasteiger partial charge in [0.05, 0.1) is 12.5 Å². The lowest BCUT2D eigenvalue weighted by Crippen LogP contribution is -2.43. The average Bonchev–Trinajstić information content (AvgIpc) is 3.07. The summed E-state index contributed by atoms with van der Waals surface area (Å²) in [6, 6.07) is 7.60. The molecule has 0 spiro atoms. The Kier molecular flexibility index (Phi) is 4.90. The molecular formula is C15H17ClN4OS. The first kappa shape index (κ1) is 15.2. The summed E-state index contributed by atoms with van der Waals surface area (Å²) in [5.41, 5.74) is 0. The van der Waals surface area contributed by atoms with Crippen molar-refractivity contribution in [2.24, 2.45) is 5.92 Å². The minimum atomic E-state index is -0.00816. The smallest absolute Gasteiger partial charge is 0.225 e. The SMILES string of the molecule is O=C(NCc1cccs1)[C@H]1CCCN(c2ccc(Cl)nn2)C1. The number of carbonyl (C=O) groups is 1. The molecule has 0 saturated carbocycles. The van der Waals surface area contributed by atoms with Crippen LogP contribution in [0.5, 0.6) is 0 Å². The normalized spacial score (nSPS) is 18.2. The van der Waals surface area contributed by atoms with E-state index in [2.05, 4.69) is 20.4 Å². The van der Waals surface area contributed by atoms with Gasteiger partial charge in [-0.1, -0.05) is 17.7 Å². The van der Waals surface area contributed by atoms with Gasteiger partial charge in [-0.25, -0.2) is 0 Å². The van der Waals surface area contributed by atoms with Gasteiger partial charge in [0.1, 0.15) is 0 Å². The Hall–Kier alpha value is -1.66. The summed E-state index contributed by atoms with van der Waals surface area (Å²) in [4.78, 5) is 15.6. The molecule has 1 aliphatic heterocycles. The van der Waals surface area contributed by atoms with Gasteiger partial charge < -0.3 is 10.2 Å². The summed E-state index contributed by atoms with van der Waals surface area (Å²) in [5.74, 6) is 0.881. The number of aromatic nitrogens is 2. The number of piperidine rings is 1. The van der Waals surface area contributed by atoms with E-state index >= 15 is 0 Å². The molecule has 116 valence electrons. The summed E-state index contributed by atoms with van der Waals surface area (Å²) in [6.07, 6.45) is 1.88. The number of nitrogens with one attached hydrogen (secondary N) is 1. The minimum Gasteiger partial charge on any atom is -0.354 e. The van der Waals surface area contributed by atoms with Crippen LogP contribution in [0.2, 0.25) is 5.15 Å². The van der Waals surface area contributed by atoms with E-state index in [-0.39, 0.29) is 11.8 Å². The highest BCUT2D eigenvalue weighted by atomic mass is 35.5. The van der Waals surface area contributed by atoms with Crippen molar-refractivity contribution < 1.29 is 4.79 Å². The fraction of sp³-hybridized carbons (Fsp3) is 0.400. The van der Waals surface area contributed by atoms with Gasteiger partial charge in [-0.2, -0.15) is 0 Å². The van der Waals surface area contributed by atoms with Crippen LogP contribution in [0.1, 0.15) is 17.7 Å². The highest BCUT2D eigenvalue weighted by Gasteiger charge is 2.26. The minimum absolute atomic E-state index is 0.00816. The van der Waals surface area contributed by atoms with Crippen molar-refractivity contribution in [3.05, 3.63) is 39.7 Å². The molecule has 0 aromatic carbocycles. The van der Waals surface area contributed by atoms with Crippen molar-refractivity contribution in [2.45, 2.75) is 19.4 Å². The number of nitrogens with zero attached hydrogens (tertiary/aromatic N) is 3. The van der Waals surface area contributed by atoms with E-state index < -0.39 is 0 Å². The third-order valence-corrected chi connectivity index (χ3v) is 4.83. The van der Waals surface area contributed by atoms with Crippen molar-refractivity contribution in [2.75, 3.05) is 18.0 Å². The van der Waals surface area contributed by atoms with E-state index in [1.807, 2.05) is 23.6 Å². The lowest BCUT2D eigenvalue weighted by molar-refractivity contribution is -0.125. The van der Waals surface area contributed by atoms with Crippen molar-refractivity contribution in [3.63, 3.8) is 0 Å². The maximum atomic E-state index is 12.3. The third-order valence-electron chi connectivity index (χ3n) is 3.75. The number of thiophene rings is 1. The zero-order valence-electron chi connectivity index (χ0n) is 12.0. The van der Waals surface area contributed by atoms with Gasteiger partial charge in [0, 0.05) is 18.0 Å². The largest absolute Gasteiger partial charge is 0.354 e. The second-order valence-electron chi connectivity index (χ2n) is 5.30. The second kappa shape index (κ2) is 7.07. The van der Waals surface area contributed by atoms with Crippen molar-refractivity contribution in [1.82, 2.24) is 15.5 Å². The molecule has 3 heterocycles. The molecule has 1 fully saturated rings. The van der Waals surface area contributed by atoms with Gasteiger partial charge in [0.2, 0.25) is 5.91 Å². The first-order valence-corrected chi connectivity index (χ1v) is 8.52. The Morgan fingerprint density at radius 2 is 2.32 bits per heavy atom. The van der Waals surface area contributed by atoms with E-state index in [4.69, 9.17) is 11.6 Å². The Labute approximate surface area is 138 Å². The molecule has 1 saturated heterocycles. The van der Waals surface area contributed by atoms with Gasteiger partial charge in [-0.15, -0.1) is 21.5 Å². The Morgan fingerprint density at radius 1 is 1.41 bits per heavy atom. The number of anilines is 1. The number of rotatable bonds is 4. The maximum absolute atomic E-state index is 12.3. The summed E-state index contributed by atoms with van der Waals surface area (Å²) in [6.45, 7) is 2.17. The number of hydrogen-bond acceptors (Lipinski definition) is 5. The number of hydrogen-bond donors (Lipinski definition) is 1. The lowest BCUT2D eigenvalue weighted by Gasteiger charge is -2.32. The third kappa shape index (κ3) is 3.75. The average molecular weight is 337 g/mol. The number of halogens is 1. The molecule has 1 amide bonds. The van der Waals surface area contributed by atoms with Crippen molar-refractivity contribution in [1.29, 1.82) is 0 Å². The quantitative estimate of drug-likeness (QED) is 0.932. The summed E-state index contributed by atoms with van der Waals surface area (Å²) < 4.78 is 0. The predicted octanol–water partition coefficient (Wildman–Crippen LogP) is 2.72. The molecule has 2 aromatic rings. The molecule has 3 rings (SSSR count). The second-order valence-corrected chi connectivity index (χ2v) is 6.72. The van der Waals surface area contributed by atoms with Gasteiger partial charge in [-0.3, -0.25) is 4.79 Å². The van der Waals surface area contributed by atoms with Crippen LogP contribution in [-0.2, 0) is 11.3 Å². The van der Waals surface area contributed by atoms with E-state index in [0.29, 0.717) is 18.2 Å². The van der Waals surface area contributed by atoms with E-state index in [1.165, 1.54) is 4.88 Å². The summed E-state index contributed by atoms with van der Waals surface area (Å²) in [5, 5.41) is 13.4.